The van der Waals surface area contributed by atoms with Gasteiger partial charge in [-0.25, -0.2) is 4.39 Å². The van der Waals surface area contributed by atoms with Gasteiger partial charge in [-0.3, -0.25) is 4.79 Å². The minimum absolute atomic E-state index is 0.0800. The summed E-state index contributed by atoms with van der Waals surface area (Å²) in [6, 6.07) is 4.42. The topological polar surface area (TPSA) is 32.3 Å². The molecule has 3 nitrogen and oxygen atoms in total. The van der Waals surface area contributed by atoms with E-state index in [4.69, 9.17) is 0 Å². The molecule has 0 spiro atoms. The van der Waals surface area contributed by atoms with Crippen LogP contribution >= 0.6 is 22.6 Å². The van der Waals surface area contributed by atoms with E-state index in [9.17, 15) is 9.18 Å². The highest BCUT2D eigenvalue weighted by Gasteiger charge is 2.32. The smallest absolute Gasteiger partial charge is 0.244 e. The van der Waals surface area contributed by atoms with Crippen LogP contribution in [-0.2, 0) is 4.79 Å². The first-order valence-electron chi connectivity index (χ1n) is 5.63. The number of amides is 1. The lowest BCUT2D eigenvalue weighted by Crippen LogP contribution is -2.38. The zero-order chi connectivity index (χ0) is 12.4. The Balaban J connectivity index is 2.21. The van der Waals surface area contributed by atoms with E-state index in [2.05, 4.69) is 27.9 Å². The molecule has 1 aromatic carbocycles. The molecule has 1 aliphatic rings. The first-order valence-corrected chi connectivity index (χ1v) is 6.71. The summed E-state index contributed by atoms with van der Waals surface area (Å²) < 4.78 is 13.8. The van der Waals surface area contributed by atoms with Gasteiger partial charge in [-0.2, -0.15) is 0 Å². The van der Waals surface area contributed by atoms with Crippen molar-refractivity contribution in [3.63, 3.8) is 0 Å². The highest BCUT2D eigenvalue weighted by Crippen LogP contribution is 2.27. The summed E-state index contributed by atoms with van der Waals surface area (Å²) >= 11 is 2.06. The number of likely N-dealkylation sites (N-methyl/N-ethyl adjacent to an activating group) is 1. The molecule has 1 saturated heterocycles. The second-order valence-corrected chi connectivity index (χ2v) is 5.15. The summed E-state index contributed by atoms with van der Waals surface area (Å²) in [6.07, 6.45) is 0.806. The number of halogens is 2. The molecule has 1 heterocycles. The number of benzene rings is 1. The quantitative estimate of drug-likeness (QED) is 0.849. The molecule has 0 aromatic heterocycles. The second kappa shape index (κ2) is 5.30. The molecule has 0 radical (unpaired) electrons. The average Bonchev–Trinajstić information content (AvgIpc) is 2.62. The molecule has 1 atom stereocenters. The van der Waals surface area contributed by atoms with E-state index in [1.807, 2.05) is 6.92 Å². The van der Waals surface area contributed by atoms with Gasteiger partial charge in [0.1, 0.15) is 5.82 Å². The molecule has 1 aromatic rings. The van der Waals surface area contributed by atoms with Crippen LogP contribution in [-0.4, -0.2) is 25.0 Å². The van der Waals surface area contributed by atoms with E-state index in [-0.39, 0.29) is 17.8 Å². The number of rotatable bonds is 3. The Morgan fingerprint density at radius 1 is 1.59 bits per heavy atom. The van der Waals surface area contributed by atoms with Gasteiger partial charge in [-0.1, -0.05) is 6.92 Å². The largest absolute Gasteiger partial charge is 0.310 e. The summed E-state index contributed by atoms with van der Waals surface area (Å²) in [5.41, 5.74) is 0.803. The van der Waals surface area contributed by atoms with Crippen molar-refractivity contribution in [3.8, 4) is 0 Å². The standard InChI is InChI=1S/C12H14FIN2O/c1-2-15-10-5-6-16(12(10)17)11-4-3-8(13)7-9(11)14/h3-4,7,10,15H,2,5-6H2,1H3. The molecule has 5 heteroatoms. The lowest BCUT2D eigenvalue weighted by atomic mass is 10.2. The number of anilines is 1. The van der Waals surface area contributed by atoms with Crippen LogP contribution in [0.1, 0.15) is 13.3 Å². The SMILES string of the molecule is CCNC1CCN(c2ccc(F)cc2I)C1=O. The first kappa shape index (κ1) is 12.8. The summed E-state index contributed by atoms with van der Waals surface area (Å²) in [4.78, 5) is 13.8. The van der Waals surface area contributed by atoms with Crippen molar-refractivity contribution in [2.24, 2.45) is 0 Å². The zero-order valence-electron chi connectivity index (χ0n) is 9.54. The maximum atomic E-state index is 13.0. The molecular formula is C12H14FIN2O. The van der Waals surface area contributed by atoms with Crippen molar-refractivity contribution in [3.05, 3.63) is 27.6 Å². The molecule has 2 rings (SSSR count). The molecular weight excluding hydrogens is 334 g/mol. The van der Waals surface area contributed by atoms with Crippen molar-refractivity contribution in [1.29, 1.82) is 0 Å². The van der Waals surface area contributed by atoms with E-state index < -0.39 is 0 Å². The van der Waals surface area contributed by atoms with Crippen molar-refractivity contribution >= 4 is 34.2 Å². The summed E-state index contributed by atoms with van der Waals surface area (Å²) in [5.74, 6) is -0.190. The predicted octanol–water partition coefficient (Wildman–Crippen LogP) is 2.15. The lowest BCUT2D eigenvalue weighted by molar-refractivity contribution is -0.118. The van der Waals surface area contributed by atoms with E-state index in [0.717, 1.165) is 22.2 Å². The zero-order valence-corrected chi connectivity index (χ0v) is 11.7. The maximum Gasteiger partial charge on any atom is 0.244 e. The highest BCUT2D eigenvalue weighted by molar-refractivity contribution is 14.1. The third kappa shape index (κ3) is 2.60. The summed E-state index contributed by atoms with van der Waals surface area (Å²) in [6.45, 7) is 3.46. The van der Waals surface area contributed by atoms with Crippen molar-refractivity contribution in [2.45, 2.75) is 19.4 Å². The number of hydrogen-bond acceptors (Lipinski definition) is 2. The van der Waals surface area contributed by atoms with Crippen LogP contribution < -0.4 is 10.2 Å². The van der Waals surface area contributed by atoms with Gasteiger partial charge < -0.3 is 10.2 Å². The normalized spacial score (nSPS) is 20.1. The Morgan fingerprint density at radius 2 is 2.35 bits per heavy atom. The van der Waals surface area contributed by atoms with Crippen LogP contribution in [0.3, 0.4) is 0 Å². The fourth-order valence-corrected chi connectivity index (χ4v) is 2.82. The molecule has 0 saturated carbocycles. The van der Waals surface area contributed by atoms with E-state index in [0.29, 0.717) is 6.54 Å². The third-order valence-electron chi connectivity index (χ3n) is 2.86. The van der Waals surface area contributed by atoms with Crippen molar-refractivity contribution in [1.82, 2.24) is 5.32 Å². The van der Waals surface area contributed by atoms with Gasteiger partial charge in [0.05, 0.1) is 11.7 Å². The van der Waals surface area contributed by atoms with Gasteiger partial charge in [-0.05, 0) is 53.8 Å². The number of nitrogens with zero attached hydrogens (tertiary/aromatic N) is 1. The highest BCUT2D eigenvalue weighted by atomic mass is 127. The number of hydrogen-bond donors (Lipinski definition) is 1. The van der Waals surface area contributed by atoms with Gasteiger partial charge in [0.15, 0.2) is 0 Å². The Bertz CT molecular complexity index is 439. The molecule has 1 N–H and O–H groups in total. The van der Waals surface area contributed by atoms with E-state index in [1.54, 1.807) is 11.0 Å². The van der Waals surface area contributed by atoms with E-state index in [1.165, 1.54) is 12.1 Å². The van der Waals surface area contributed by atoms with Gasteiger partial charge in [0.25, 0.3) is 0 Å². The van der Waals surface area contributed by atoms with Crippen LogP contribution in [0.2, 0.25) is 0 Å². The third-order valence-corrected chi connectivity index (χ3v) is 3.72. The van der Waals surface area contributed by atoms with Crippen LogP contribution in [0.15, 0.2) is 18.2 Å². The fourth-order valence-electron chi connectivity index (χ4n) is 2.06. The Labute approximate surface area is 114 Å². The number of nitrogens with one attached hydrogen (secondary N) is 1. The fraction of sp³-hybridized carbons (Fsp3) is 0.417. The van der Waals surface area contributed by atoms with Gasteiger partial charge in [-0.15, -0.1) is 0 Å². The summed E-state index contributed by atoms with van der Waals surface area (Å²) in [5, 5.41) is 3.16. The monoisotopic (exact) mass is 348 g/mol. The molecule has 1 unspecified atom stereocenters. The average molecular weight is 348 g/mol. The molecule has 0 aliphatic carbocycles. The van der Waals surface area contributed by atoms with Crippen LogP contribution in [0, 0.1) is 9.39 Å². The van der Waals surface area contributed by atoms with Crippen molar-refractivity contribution in [2.75, 3.05) is 18.0 Å². The Kier molecular flexibility index (Phi) is 3.98. The lowest BCUT2D eigenvalue weighted by Gasteiger charge is -2.18. The molecule has 92 valence electrons. The second-order valence-electron chi connectivity index (χ2n) is 3.98. The summed E-state index contributed by atoms with van der Waals surface area (Å²) in [7, 11) is 0. The number of carbonyl (C=O) groups is 1. The minimum atomic E-state index is -0.270. The molecule has 0 bridgehead atoms. The number of carbonyl (C=O) groups excluding carboxylic acids is 1. The maximum absolute atomic E-state index is 13.0. The van der Waals surface area contributed by atoms with E-state index >= 15 is 0 Å². The Morgan fingerprint density at radius 3 is 3.00 bits per heavy atom. The molecule has 1 aliphatic heterocycles. The Hall–Kier alpha value is -0.690. The molecule has 1 amide bonds. The van der Waals surface area contributed by atoms with Gasteiger partial charge in [0.2, 0.25) is 5.91 Å². The predicted molar refractivity (Wildman–Crippen MR) is 73.6 cm³/mol. The van der Waals surface area contributed by atoms with Crippen LogP contribution in [0.4, 0.5) is 10.1 Å². The van der Waals surface area contributed by atoms with Crippen LogP contribution in [0.25, 0.3) is 0 Å². The van der Waals surface area contributed by atoms with Gasteiger partial charge in [0, 0.05) is 10.1 Å². The van der Waals surface area contributed by atoms with Crippen molar-refractivity contribution < 1.29 is 9.18 Å². The minimum Gasteiger partial charge on any atom is -0.310 e. The first-order chi connectivity index (χ1) is 8.13. The molecule has 17 heavy (non-hydrogen) atoms. The van der Waals surface area contributed by atoms with Crippen LogP contribution in [0.5, 0.6) is 0 Å². The molecule has 1 fully saturated rings. The van der Waals surface area contributed by atoms with Gasteiger partial charge >= 0.3 is 0 Å².